The number of aromatic nitrogens is 1. The second kappa shape index (κ2) is 15.0. The van der Waals surface area contributed by atoms with Gasteiger partial charge in [0, 0.05) is 30.8 Å². The maximum absolute atomic E-state index is 13.6. The Hall–Kier alpha value is -2.95. The molecule has 0 aliphatic rings. The van der Waals surface area contributed by atoms with E-state index in [1.807, 2.05) is 54.6 Å². The Bertz CT molecular complexity index is 1190. The van der Waals surface area contributed by atoms with Crippen LogP contribution in [0, 0.1) is 0 Å². The van der Waals surface area contributed by atoms with E-state index in [9.17, 15) is 31.4 Å². The van der Waals surface area contributed by atoms with Crippen molar-refractivity contribution in [3.8, 4) is 11.3 Å². The fourth-order valence-corrected chi connectivity index (χ4v) is 3.57. The van der Waals surface area contributed by atoms with Crippen LogP contribution in [0.15, 0.2) is 91.0 Å². The zero-order valence-electron chi connectivity index (χ0n) is 20.6. The number of hydrogen-bond acceptors (Lipinski definition) is 4. The van der Waals surface area contributed by atoms with Crippen molar-refractivity contribution in [2.45, 2.75) is 25.0 Å². The molecule has 4 aromatic rings. The molecule has 0 spiro atoms. The quantitative estimate of drug-likeness (QED) is 0.0924. The SMILES string of the molecule is O[C@@H](CNCCNCc1ccc[cH-]1)c1ccc(-c2ccc(C(F)(F)F)cc2)nc1C(F)(F)F.[Fe+2].c1cc[cH-]c1. The Balaban J connectivity index is 0.000000797. The van der Waals surface area contributed by atoms with Crippen molar-refractivity contribution in [1.82, 2.24) is 15.6 Å². The molecule has 0 saturated carbocycles. The summed E-state index contributed by atoms with van der Waals surface area (Å²) in [5, 5.41) is 16.4. The Morgan fingerprint density at radius 3 is 2.00 bits per heavy atom. The number of benzene rings is 1. The van der Waals surface area contributed by atoms with Crippen LogP contribution in [-0.2, 0) is 36.0 Å². The van der Waals surface area contributed by atoms with Crippen LogP contribution in [0.4, 0.5) is 26.3 Å². The number of aliphatic hydroxyl groups excluding tert-OH is 1. The van der Waals surface area contributed by atoms with E-state index in [0.717, 1.165) is 35.9 Å². The minimum Gasteiger partial charge on any atom is -0.387 e. The van der Waals surface area contributed by atoms with Gasteiger partial charge in [-0.3, -0.25) is 0 Å². The molecule has 0 aliphatic heterocycles. The van der Waals surface area contributed by atoms with E-state index in [0.29, 0.717) is 19.6 Å². The predicted molar refractivity (Wildman–Crippen MR) is 133 cm³/mol. The molecule has 1 atom stereocenters. The number of alkyl halides is 6. The van der Waals surface area contributed by atoms with Gasteiger partial charge in [-0.05, 0) is 24.7 Å². The first-order valence-electron chi connectivity index (χ1n) is 11.8. The van der Waals surface area contributed by atoms with Crippen molar-refractivity contribution in [3.05, 3.63) is 113 Å². The average molecular weight is 591 g/mol. The smallest absolute Gasteiger partial charge is 0.387 e. The van der Waals surface area contributed by atoms with E-state index in [2.05, 4.69) is 15.6 Å². The van der Waals surface area contributed by atoms with Gasteiger partial charge in [-0.25, -0.2) is 29.2 Å². The van der Waals surface area contributed by atoms with E-state index in [-0.39, 0.29) is 34.9 Å². The fraction of sp³-hybridized carbons (Fsp3) is 0.250. The van der Waals surface area contributed by atoms with E-state index in [1.165, 1.54) is 6.07 Å². The van der Waals surface area contributed by atoms with Gasteiger partial charge in [0.05, 0.1) is 17.4 Å². The molecule has 3 aromatic carbocycles. The standard InChI is InChI=1S/C23H22F6N3O.C5H5.Fe/c24-22(25,26)17-7-5-16(6-8-17)19-10-9-18(21(32-19)23(27,28)29)20(33)14-31-12-11-30-13-15-3-1-2-4-15;1-2-4-5-3-1;/h1-10,20,30-31,33H,11-14H2;1-5H;/q2*-1;+2/t20-;;/m0../s1. The molecule has 1 aromatic heterocycles. The van der Waals surface area contributed by atoms with Gasteiger partial charge in [-0.1, -0.05) is 18.2 Å². The number of hydrogen-bond donors (Lipinski definition) is 3. The van der Waals surface area contributed by atoms with Gasteiger partial charge in [-0.15, -0.1) is 0 Å². The topological polar surface area (TPSA) is 57.2 Å². The molecule has 0 aliphatic carbocycles. The van der Waals surface area contributed by atoms with Crippen molar-refractivity contribution in [2.24, 2.45) is 0 Å². The number of nitrogens with one attached hydrogen (secondary N) is 2. The fourth-order valence-electron chi connectivity index (χ4n) is 3.57. The van der Waals surface area contributed by atoms with Crippen molar-refractivity contribution in [3.63, 3.8) is 0 Å². The summed E-state index contributed by atoms with van der Waals surface area (Å²) >= 11 is 0. The van der Waals surface area contributed by atoms with Gasteiger partial charge in [0.15, 0.2) is 5.69 Å². The monoisotopic (exact) mass is 591 g/mol. The molecule has 4 rings (SSSR count). The minimum absolute atomic E-state index is 0. The molecular formula is C28H27F6FeN3O. The number of halogens is 6. The van der Waals surface area contributed by atoms with Crippen molar-refractivity contribution in [2.75, 3.05) is 19.6 Å². The summed E-state index contributed by atoms with van der Waals surface area (Å²) in [5.41, 5.74) is -1.52. The molecule has 4 nitrogen and oxygen atoms in total. The minimum atomic E-state index is -4.85. The third-order valence-electron chi connectivity index (χ3n) is 5.49. The molecule has 11 heteroatoms. The summed E-state index contributed by atoms with van der Waals surface area (Å²) in [4.78, 5) is 3.61. The van der Waals surface area contributed by atoms with Crippen LogP contribution >= 0.6 is 0 Å². The zero-order chi connectivity index (χ0) is 27.6. The molecular weight excluding hydrogens is 564 g/mol. The third-order valence-corrected chi connectivity index (χ3v) is 5.49. The van der Waals surface area contributed by atoms with Crippen molar-refractivity contribution in [1.29, 1.82) is 0 Å². The number of rotatable bonds is 9. The van der Waals surface area contributed by atoms with Crippen LogP contribution in [0.5, 0.6) is 0 Å². The molecule has 0 amide bonds. The second-order valence-corrected chi connectivity index (χ2v) is 8.36. The summed E-state index contributed by atoms with van der Waals surface area (Å²) < 4.78 is 78.9. The summed E-state index contributed by atoms with van der Waals surface area (Å²) in [6, 6.07) is 23.8. The molecule has 0 bridgehead atoms. The van der Waals surface area contributed by atoms with E-state index in [4.69, 9.17) is 0 Å². The van der Waals surface area contributed by atoms with Crippen LogP contribution < -0.4 is 10.6 Å². The second-order valence-electron chi connectivity index (χ2n) is 8.36. The first kappa shape index (κ1) is 32.3. The first-order chi connectivity index (χ1) is 18.1. The van der Waals surface area contributed by atoms with E-state index >= 15 is 0 Å². The van der Waals surface area contributed by atoms with Crippen LogP contribution in [-0.4, -0.2) is 29.7 Å². The largest absolute Gasteiger partial charge is 2.00 e. The maximum atomic E-state index is 13.6. The third kappa shape index (κ3) is 10.3. The number of nitrogens with zero attached hydrogens (tertiary/aromatic N) is 1. The summed E-state index contributed by atoms with van der Waals surface area (Å²) in [6.07, 6.45) is -10.9. The molecule has 0 radical (unpaired) electrons. The van der Waals surface area contributed by atoms with E-state index in [1.54, 1.807) is 0 Å². The van der Waals surface area contributed by atoms with Gasteiger partial charge in [-0.2, -0.15) is 62.2 Å². The number of aliphatic hydroxyl groups is 1. The van der Waals surface area contributed by atoms with E-state index < -0.39 is 35.3 Å². The zero-order valence-corrected chi connectivity index (χ0v) is 21.7. The summed E-state index contributed by atoms with van der Waals surface area (Å²) in [5.74, 6) is 0. The Morgan fingerprint density at radius 1 is 0.795 bits per heavy atom. The van der Waals surface area contributed by atoms with Crippen molar-refractivity contribution < 1.29 is 48.5 Å². The van der Waals surface area contributed by atoms with Crippen LogP contribution in [0.1, 0.15) is 28.5 Å². The summed E-state index contributed by atoms with van der Waals surface area (Å²) in [6.45, 7) is 1.51. The molecule has 39 heavy (non-hydrogen) atoms. The molecule has 0 saturated heterocycles. The van der Waals surface area contributed by atoms with Crippen LogP contribution in [0.3, 0.4) is 0 Å². The van der Waals surface area contributed by atoms with Gasteiger partial charge in [0.2, 0.25) is 0 Å². The first-order valence-corrected chi connectivity index (χ1v) is 11.8. The van der Waals surface area contributed by atoms with Gasteiger partial charge < -0.3 is 15.7 Å². The van der Waals surface area contributed by atoms with Crippen LogP contribution in [0.25, 0.3) is 11.3 Å². The van der Waals surface area contributed by atoms with Gasteiger partial charge >= 0.3 is 29.4 Å². The maximum Gasteiger partial charge on any atom is 2.00 e. The molecule has 0 unspecified atom stereocenters. The van der Waals surface area contributed by atoms with Gasteiger partial charge in [0.25, 0.3) is 0 Å². The van der Waals surface area contributed by atoms with Gasteiger partial charge in [0.1, 0.15) is 0 Å². The predicted octanol–water partition coefficient (Wildman–Crippen LogP) is 6.32. The van der Waals surface area contributed by atoms with Crippen LogP contribution in [0.2, 0.25) is 0 Å². The molecule has 0 fully saturated rings. The Morgan fingerprint density at radius 2 is 1.46 bits per heavy atom. The molecule has 210 valence electrons. The Labute approximate surface area is 233 Å². The molecule has 3 N–H and O–H groups in total. The normalized spacial score (nSPS) is 12.3. The number of pyridine rings is 1. The Kier molecular flexibility index (Phi) is 12.4. The average Bonchev–Trinajstić information content (AvgIpc) is 3.62. The molecule has 1 heterocycles. The van der Waals surface area contributed by atoms with Crippen molar-refractivity contribution >= 4 is 0 Å². The summed E-state index contributed by atoms with van der Waals surface area (Å²) in [7, 11) is 0.